The lowest BCUT2D eigenvalue weighted by atomic mass is 10.2. The summed E-state index contributed by atoms with van der Waals surface area (Å²) in [6.07, 6.45) is 4.37. The van der Waals surface area contributed by atoms with Gasteiger partial charge >= 0.3 is 0 Å². The molecule has 0 spiro atoms. The van der Waals surface area contributed by atoms with Gasteiger partial charge in [0, 0.05) is 36.3 Å². The van der Waals surface area contributed by atoms with Crippen LogP contribution in [-0.4, -0.2) is 34.4 Å². The van der Waals surface area contributed by atoms with Crippen LogP contribution >= 0.6 is 23.4 Å². The highest BCUT2D eigenvalue weighted by molar-refractivity contribution is 7.99. The number of nitrogens with one attached hydrogen (secondary N) is 1. The lowest BCUT2D eigenvalue weighted by Crippen LogP contribution is -2.27. The molecule has 3 rings (SSSR count). The van der Waals surface area contributed by atoms with Gasteiger partial charge in [-0.05, 0) is 36.2 Å². The van der Waals surface area contributed by atoms with E-state index in [9.17, 15) is 4.79 Å². The molecule has 0 saturated heterocycles. The number of thioether (sulfide) groups is 1. The number of halogens is 1. The summed E-state index contributed by atoms with van der Waals surface area (Å²) in [6.45, 7) is 1.81. The molecule has 0 fully saturated rings. The van der Waals surface area contributed by atoms with Crippen LogP contribution in [-0.2, 0) is 16.1 Å². The number of carbonyl (C=O) groups is 1. The second-order valence-electron chi connectivity index (χ2n) is 6.09. The molecule has 0 aliphatic carbocycles. The van der Waals surface area contributed by atoms with Gasteiger partial charge in [-0.2, -0.15) is 0 Å². The predicted octanol–water partition coefficient (Wildman–Crippen LogP) is 4.34. The van der Waals surface area contributed by atoms with Gasteiger partial charge in [0.2, 0.25) is 5.91 Å². The number of nitrogens with zero attached hydrogens (tertiary/aromatic N) is 2. The van der Waals surface area contributed by atoms with E-state index in [1.54, 1.807) is 6.20 Å². The van der Waals surface area contributed by atoms with Crippen LogP contribution < -0.4 is 5.32 Å². The van der Waals surface area contributed by atoms with Crippen molar-refractivity contribution in [1.29, 1.82) is 0 Å². The first-order valence-electron chi connectivity index (χ1n) is 9.03. The fraction of sp³-hybridized carbons (Fsp3) is 0.238. The van der Waals surface area contributed by atoms with Crippen molar-refractivity contribution in [2.75, 3.05) is 18.9 Å². The molecule has 0 unspecified atom stereocenters. The van der Waals surface area contributed by atoms with Crippen LogP contribution in [0.25, 0.3) is 5.69 Å². The van der Waals surface area contributed by atoms with Crippen molar-refractivity contribution in [3.63, 3.8) is 0 Å². The number of ether oxygens (including phenoxy) is 1. The molecule has 28 heavy (non-hydrogen) atoms. The highest BCUT2D eigenvalue weighted by atomic mass is 35.5. The van der Waals surface area contributed by atoms with Gasteiger partial charge in [0.1, 0.15) is 0 Å². The number of imidazole rings is 1. The van der Waals surface area contributed by atoms with Gasteiger partial charge in [0.25, 0.3) is 0 Å². The summed E-state index contributed by atoms with van der Waals surface area (Å²) in [6, 6.07) is 17.5. The molecular weight excluding hydrogens is 394 g/mol. The predicted molar refractivity (Wildman–Crippen MR) is 113 cm³/mol. The van der Waals surface area contributed by atoms with Crippen LogP contribution in [0.2, 0.25) is 5.02 Å². The zero-order valence-corrected chi connectivity index (χ0v) is 17.0. The van der Waals surface area contributed by atoms with E-state index in [1.807, 2.05) is 65.4 Å². The Labute approximate surface area is 174 Å². The minimum atomic E-state index is -0.0151. The summed E-state index contributed by atoms with van der Waals surface area (Å²) in [5.74, 6) is 0.300. The van der Waals surface area contributed by atoms with Gasteiger partial charge in [-0.1, -0.05) is 53.7 Å². The molecule has 0 aliphatic rings. The van der Waals surface area contributed by atoms with E-state index < -0.39 is 0 Å². The second kappa shape index (κ2) is 10.9. The Balaban J connectivity index is 1.34. The maximum Gasteiger partial charge on any atom is 0.230 e. The highest BCUT2D eigenvalue weighted by Gasteiger charge is 2.09. The Morgan fingerprint density at radius 2 is 1.93 bits per heavy atom. The monoisotopic (exact) mass is 415 g/mol. The fourth-order valence-corrected chi connectivity index (χ4v) is 3.47. The van der Waals surface area contributed by atoms with E-state index in [1.165, 1.54) is 11.8 Å². The Hall–Kier alpha value is -2.28. The van der Waals surface area contributed by atoms with Gasteiger partial charge in [-0.3, -0.25) is 9.36 Å². The quantitative estimate of drug-likeness (QED) is 0.395. The summed E-state index contributed by atoms with van der Waals surface area (Å²) in [5.41, 5.74) is 2.11. The Bertz CT molecular complexity index is 869. The van der Waals surface area contributed by atoms with E-state index >= 15 is 0 Å². The Morgan fingerprint density at radius 1 is 1.14 bits per heavy atom. The molecular formula is C21H22ClN3O2S. The normalized spacial score (nSPS) is 10.8. The second-order valence-corrected chi connectivity index (χ2v) is 7.47. The molecule has 0 bridgehead atoms. The summed E-state index contributed by atoms with van der Waals surface area (Å²) in [5, 5.41) is 4.37. The summed E-state index contributed by atoms with van der Waals surface area (Å²) in [4.78, 5) is 16.4. The number of rotatable bonds is 10. The third-order valence-electron chi connectivity index (χ3n) is 3.94. The summed E-state index contributed by atoms with van der Waals surface area (Å²) >= 11 is 7.34. The largest absolute Gasteiger partial charge is 0.377 e. The first kappa shape index (κ1) is 20.5. The maximum absolute atomic E-state index is 12.1. The number of aromatic nitrogens is 2. The van der Waals surface area contributed by atoms with Crippen LogP contribution in [0.1, 0.15) is 12.0 Å². The molecule has 146 valence electrons. The van der Waals surface area contributed by atoms with Crippen molar-refractivity contribution in [2.45, 2.75) is 18.2 Å². The molecule has 5 nitrogen and oxygen atoms in total. The van der Waals surface area contributed by atoms with Crippen molar-refractivity contribution in [2.24, 2.45) is 0 Å². The van der Waals surface area contributed by atoms with E-state index in [0.29, 0.717) is 30.5 Å². The molecule has 0 radical (unpaired) electrons. The lowest BCUT2D eigenvalue weighted by Gasteiger charge is -2.08. The van der Waals surface area contributed by atoms with Gasteiger partial charge in [0.05, 0.1) is 12.4 Å². The van der Waals surface area contributed by atoms with Crippen LogP contribution in [0.4, 0.5) is 0 Å². The highest BCUT2D eigenvalue weighted by Crippen LogP contribution is 2.21. The zero-order chi connectivity index (χ0) is 19.6. The Kier molecular flexibility index (Phi) is 7.96. The van der Waals surface area contributed by atoms with Crippen molar-refractivity contribution in [1.82, 2.24) is 14.9 Å². The average Bonchev–Trinajstić information content (AvgIpc) is 3.19. The SMILES string of the molecule is O=C(CSc1nccn1-c1ccc(Cl)cc1)NCCCOCc1ccccc1. The van der Waals surface area contributed by atoms with Crippen molar-refractivity contribution in [3.05, 3.63) is 77.6 Å². The molecule has 0 aliphatic heterocycles. The smallest absolute Gasteiger partial charge is 0.230 e. The number of amides is 1. The summed E-state index contributed by atoms with van der Waals surface area (Å²) < 4.78 is 7.55. The fourth-order valence-electron chi connectivity index (χ4n) is 2.54. The zero-order valence-electron chi connectivity index (χ0n) is 15.4. The minimum Gasteiger partial charge on any atom is -0.377 e. The molecule has 1 heterocycles. The third-order valence-corrected chi connectivity index (χ3v) is 5.16. The van der Waals surface area contributed by atoms with Gasteiger partial charge in [0.15, 0.2) is 5.16 Å². The van der Waals surface area contributed by atoms with Crippen LogP contribution in [0, 0.1) is 0 Å². The van der Waals surface area contributed by atoms with Crippen molar-refractivity contribution in [3.8, 4) is 5.69 Å². The molecule has 3 aromatic rings. The average molecular weight is 416 g/mol. The minimum absolute atomic E-state index is 0.0151. The van der Waals surface area contributed by atoms with Crippen LogP contribution in [0.5, 0.6) is 0 Å². The van der Waals surface area contributed by atoms with Gasteiger partial charge in [-0.25, -0.2) is 4.98 Å². The van der Waals surface area contributed by atoms with Crippen molar-refractivity contribution < 1.29 is 9.53 Å². The van der Waals surface area contributed by atoms with Crippen LogP contribution in [0.3, 0.4) is 0 Å². The standard InChI is InChI=1S/C21H22ClN3O2S/c22-18-7-9-19(10-8-18)25-13-12-24-21(25)28-16-20(26)23-11-4-14-27-15-17-5-2-1-3-6-17/h1-3,5-10,12-13H,4,11,14-16H2,(H,23,26). The van der Waals surface area contributed by atoms with E-state index in [0.717, 1.165) is 22.8 Å². The van der Waals surface area contributed by atoms with E-state index in [-0.39, 0.29) is 5.91 Å². The number of benzene rings is 2. The Morgan fingerprint density at radius 3 is 2.71 bits per heavy atom. The number of carbonyl (C=O) groups excluding carboxylic acids is 1. The van der Waals surface area contributed by atoms with E-state index in [2.05, 4.69) is 10.3 Å². The van der Waals surface area contributed by atoms with Gasteiger partial charge < -0.3 is 10.1 Å². The van der Waals surface area contributed by atoms with E-state index in [4.69, 9.17) is 16.3 Å². The first-order chi connectivity index (χ1) is 13.7. The summed E-state index contributed by atoms with van der Waals surface area (Å²) in [7, 11) is 0. The molecule has 2 aromatic carbocycles. The number of hydrogen-bond donors (Lipinski definition) is 1. The van der Waals surface area contributed by atoms with Crippen LogP contribution in [0.15, 0.2) is 72.1 Å². The maximum atomic E-state index is 12.1. The molecule has 0 saturated carbocycles. The topological polar surface area (TPSA) is 56.2 Å². The van der Waals surface area contributed by atoms with Gasteiger partial charge in [-0.15, -0.1) is 0 Å². The molecule has 1 aromatic heterocycles. The first-order valence-corrected chi connectivity index (χ1v) is 10.4. The van der Waals surface area contributed by atoms with Crippen molar-refractivity contribution >= 4 is 29.3 Å². The number of hydrogen-bond acceptors (Lipinski definition) is 4. The molecule has 1 amide bonds. The molecule has 0 atom stereocenters. The molecule has 7 heteroatoms. The third kappa shape index (κ3) is 6.41. The molecule has 1 N–H and O–H groups in total. The lowest BCUT2D eigenvalue weighted by molar-refractivity contribution is -0.118.